The molecule has 0 saturated heterocycles. The Hall–Kier alpha value is -3.07. The molecule has 1 aromatic carbocycles. The number of benzene rings is 1. The number of aliphatic hydroxyl groups excluding tert-OH is 1. The Morgan fingerprint density at radius 1 is 1.24 bits per heavy atom. The van der Waals surface area contributed by atoms with Crippen molar-refractivity contribution >= 4 is 34.4 Å². The van der Waals surface area contributed by atoms with Gasteiger partial charge in [0.05, 0.1) is 12.0 Å². The summed E-state index contributed by atoms with van der Waals surface area (Å²) in [6.07, 6.45) is 20.3. The Labute approximate surface area is 252 Å². The van der Waals surface area contributed by atoms with Crippen molar-refractivity contribution in [2.45, 2.75) is 69.1 Å². The van der Waals surface area contributed by atoms with Crippen molar-refractivity contribution in [1.29, 1.82) is 0 Å². The van der Waals surface area contributed by atoms with Crippen molar-refractivity contribution in [2.24, 2.45) is 23.5 Å². The van der Waals surface area contributed by atoms with E-state index in [1.807, 2.05) is 24.4 Å². The minimum absolute atomic E-state index is 0.0145. The van der Waals surface area contributed by atoms with Crippen LogP contribution < -0.4 is 10.5 Å². The van der Waals surface area contributed by atoms with E-state index in [1.54, 1.807) is 17.8 Å². The van der Waals surface area contributed by atoms with E-state index in [0.717, 1.165) is 54.3 Å². The number of ketones is 1. The fraction of sp³-hybridized carbons (Fsp3) is 0.471. The minimum atomic E-state index is -0.539. The van der Waals surface area contributed by atoms with Gasteiger partial charge < -0.3 is 25.3 Å². The zero-order valence-corrected chi connectivity index (χ0v) is 24.9. The molecule has 5 rings (SSSR count). The molecule has 3 unspecified atom stereocenters. The molecular weight excluding hydrogens is 548 g/mol. The molecule has 2 aromatic rings. The van der Waals surface area contributed by atoms with Gasteiger partial charge in [0.15, 0.2) is 0 Å². The largest absolute Gasteiger partial charge is 0.494 e. The predicted octanol–water partition coefficient (Wildman–Crippen LogP) is 6.14. The number of aromatic nitrogens is 1. The molecule has 224 valence electrons. The average Bonchev–Trinajstić information content (AvgIpc) is 3.70. The van der Waals surface area contributed by atoms with Crippen LogP contribution in [0.15, 0.2) is 72.0 Å². The van der Waals surface area contributed by atoms with Gasteiger partial charge in [0.25, 0.3) is 0 Å². The van der Waals surface area contributed by atoms with Crippen LogP contribution in [0.4, 0.5) is 0 Å². The first kappa shape index (κ1) is 30.4. The molecule has 1 saturated carbocycles. The van der Waals surface area contributed by atoms with E-state index >= 15 is 0 Å². The second kappa shape index (κ2) is 14.9. The summed E-state index contributed by atoms with van der Waals surface area (Å²) in [5.41, 5.74) is 7.82. The van der Waals surface area contributed by atoms with Gasteiger partial charge in [-0.1, -0.05) is 36.5 Å². The molecule has 1 aromatic heterocycles. The van der Waals surface area contributed by atoms with Gasteiger partial charge in [-0.05, 0) is 81.2 Å². The Balaban J connectivity index is 0.981. The van der Waals surface area contributed by atoms with Gasteiger partial charge in [-0.25, -0.2) is 0 Å². The number of hydrogen-bond donors (Lipinski definition) is 3. The molecule has 5 atom stereocenters. The van der Waals surface area contributed by atoms with Crippen molar-refractivity contribution in [3.05, 3.63) is 77.6 Å². The lowest BCUT2D eigenvalue weighted by atomic mass is 9.87. The number of fused-ring (bicyclic) bond motifs is 2. The quantitative estimate of drug-likeness (QED) is 0.0988. The van der Waals surface area contributed by atoms with Crippen molar-refractivity contribution < 1.29 is 24.2 Å². The second-order valence-corrected chi connectivity index (χ2v) is 12.5. The first-order valence-electron chi connectivity index (χ1n) is 15.2. The number of H-pyrrole nitrogens is 1. The summed E-state index contributed by atoms with van der Waals surface area (Å²) in [6, 6.07) is 5.61. The van der Waals surface area contributed by atoms with Crippen LogP contribution in [0.2, 0.25) is 0 Å². The monoisotopic (exact) mass is 590 g/mol. The summed E-state index contributed by atoms with van der Waals surface area (Å²) in [6.45, 7) is 0.852. The third kappa shape index (κ3) is 7.85. The van der Waals surface area contributed by atoms with Crippen molar-refractivity contribution in [1.82, 2.24) is 4.98 Å². The van der Waals surface area contributed by atoms with Crippen LogP contribution in [0.3, 0.4) is 0 Å². The molecule has 0 spiro atoms. The van der Waals surface area contributed by atoms with Crippen LogP contribution in [-0.4, -0.2) is 46.3 Å². The van der Waals surface area contributed by atoms with E-state index < -0.39 is 6.10 Å². The molecule has 4 N–H and O–H groups in total. The Morgan fingerprint density at radius 3 is 3.00 bits per heavy atom. The summed E-state index contributed by atoms with van der Waals surface area (Å²) in [4.78, 5) is 28.2. The van der Waals surface area contributed by atoms with Crippen molar-refractivity contribution in [2.75, 3.05) is 13.2 Å². The summed E-state index contributed by atoms with van der Waals surface area (Å²) < 4.78 is 11.5. The van der Waals surface area contributed by atoms with E-state index in [-0.39, 0.29) is 24.4 Å². The Morgan fingerprint density at radius 2 is 2.12 bits per heavy atom. The summed E-state index contributed by atoms with van der Waals surface area (Å²) in [5.74, 6) is 2.13. The lowest BCUT2D eigenvalue weighted by Crippen LogP contribution is -2.21. The maximum Gasteiger partial charge on any atom is 0.311 e. The number of allylic oxidation sites excluding steroid dienone is 5. The fourth-order valence-electron chi connectivity index (χ4n) is 6.15. The van der Waals surface area contributed by atoms with E-state index in [2.05, 4.69) is 40.8 Å². The second-order valence-electron chi connectivity index (χ2n) is 11.5. The number of aliphatic hydroxyl groups is 1. The van der Waals surface area contributed by atoms with Crippen LogP contribution >= 0.6 is 11.8 Å². The lowest BCUT2D eigenvalue weighted by molar-refractivity contribution is -0.134. The highest BCUT2D eigenvalue weighted by molar-refractivity contribution is 8.03. The normalized spacial score (nSPS) is 24.0. The third-order valence-corrected chi connectivity index (χ3v) is 9.64. The fourth-order valence-corrected chi connectivity index (χ4v) is 7.24. The molecule has 1 aliphatic heterocycles. The number of Topliss-reactive ketones (excluding diaryl/α,β-unsaturated/α-hetero) is 1. The number of thioether (sulfide) groups is 1. The van der Waals surface area contributed by atoms with E-state index in [1.165, 1.54) is 0 Å². The number of unbranched alkanes of at least 4 members (excludes halogenated alkanes) is 1. The highest BCUT2D eigenvalue weighted by atomic mass is 32.2. The van der Waals surface area contributed by atoms with Crippen LogP contribution in [0.25, 0.3) is 10.9 Å². The predicted molar refractivity (Wildman–Crippen MR) is 168 cm³/mol. The first-order chi connectivity index (χ1) is 20.5. The zero-order valence-electron chi connectivity index (χ0n) is 24.1. The molecule has 8 heteroatoms. The third-order valence-electron chi connectivity index (χ3n) is 8.50. The molecule has 0 radical (unpaired) electrons. The number of carbonyl (C=O) groups excluding carboxylic acids is 2. The van der Waals surface area contributed by atoms with Crippen LogP contribution in [0.5, 0.6) is 5.75 Å². The Kier molecular flexibility index (Phi) is 10.8. The van der Waals surface area contributed by atoms with Crippen LogP contribution in [-0.2, 0) is 20.7 Å². The number of nitrogens with one attached hydrogen (secondary N) is 1. The number of esters is 1. The number of aromatic amines is 1. The molecule has 2 aliphatic carbocycles. The van der Waals surface area contributed by atoms with Gasteiger partial charge in [0, 0.05) is 46.5 Å². The highest BCUT2D eigenvalue weighted by Crippen LogP contribution is 2.40. The van der Waals surface area contributed by atoms with Gasteiger partial charge in [-0.2, -0.15) is 0 Å². The molecule has 1 fully saturated rings. The van der Waals surface area contributed by atoms with Crippen molar-refractivity contribution in [3.63, 3.8) is 0 Å². The summed E-state index contributed by atoms with van der Waals surface area (Å²) in [7, 11) is 0. The van der Waals surface area contributed by atoms with Crippen LogP contribution in [0.1, 0.15) is 56.9 Å². The molecule has 0 amide bonds. The number of nitrogens with two attached hydrogens (primary N) is 1. The smallest absolute Gasteiger partial charge is 0.311 e. The topological polar surface area (TPSA) is 115 Å². The number of rotatable bonds is 15. The average molecular weight is 591 g/mol. The number of carbonyl (C=O) groups is 2. The minimum Gasteiger partial charge on any atom is -0.494 e. The molecule has 0 bridgehead atoms. The Bertz CT molecular complexity index is 1360. The highest BCUT2D eigenvalue weighted by Gasteiger charge is 2.34. The number of ether oxygens (including phenoxy) is 2. The molecule has 2 heterocycles. The molecule has 42 heavy (non-hydrogen) atoms. The summed E-state index contributed by atoms with van der Waals surface area (Å²) in [5, 5.41) is 14.1. The van der Waals surface area contributed by atoms with Gasteiger partial charge in [-0.15, -0.1) is 11.8 Å². The zero-order chi connectivity index (χ0) is 29.3. The van der Waals surface area contributed by atoms with E-state index in [0.29, 0.717) is 54.9 Å². The maximum atomic E-state index is 12.6. The van der Waals surface area contributed by atoms with E-state index in [9.17, 15) is 14.7 Å². The molecule has 7 nitrogen and oxygen atoms in total. The number of hydrogen-bond acceptors (Lipinski definition) is 7. The maximum absolute atomic E-state index is 12.6. The SMILES string of the molecule is NCCc1c[nH]c2ccc(OC(=O)CCCC=CC[C@H]3C(=O)CC[C@@H]3CCC(O)COC3=CSC4C=CC=CC34)cc12. The summed E-state index contributed by atoms with van der Waals surface area (Å²) >= 11 is 1.76. The van der Waals surface area contributed by atoms with Gasteiger partial charge in [0.1, 0.15) is 23.9 Å². The van der Waals surface area contributed by atoms with Gasteiger partial charge in [-0.3, -0.25) is 9.59 Å². The van der Waals surface area contributed by atoms with E-state index in [4.69, 9.17) is 15.2 Å². The first-order valence-corrected chi connectivity index (χ1v) is 16.2. The van der Waals surface area contributed by atoms with Gasteiger partial charge >= 0.3 is 5.97 Å². The lowest BCUT2D eigenvalue weighted by Gasteiger charge is -2.21. The van der Waals surface area contributed by atoms with Crippen LogP contribution in [0, 0.1) is 17.8 Å². The standard InChI is InChI=1S/C34H42N2O5S/c35-18-17-24-20-36-30-15-14-26(19-29(24)30)41-34(39)10-4-2-1-3-7-27-23(12-16-31(27)38)11-13-25(37)21-40-32-22-42-33-9-6-5-8-28(32)33/h1,3,5-6,8-9,14-15,19-20,22-23,25,27-28,33,36-37H,2,4,7,10-13,16-18,21,35H2/t23-,25?,27+,28?,33?/m0/s1. The molecule has 3 aliphatic rings. The van der Waals surface area contributed by atoms with Crippen molar-refractivity contribution in [3.8, 4) is 5.75 Å². The van der Waals surface area contributed by atoms with Gasteiger partial charge in [0.2, 0.25) is 0 Å². The molecular formula is C34H42N2O5S.